The first-order valence-electron chi connectivity index (χ1n) is 8.74. The summed E-state index contributed by atoms with van der Waals surface area (Å²) in [5.74, 6) is -5.02. The summed E-state index contributed by atoms with van der Waals surface area (Å²) in [6.45, 7) is 3.49. The van der Waals surface area contributed by atoms with E-state index in [0.29, 0.717) is 0 Å². The normalized spacial score (nSPS) is 25.2. The van der Waals surface area contributed by atoms with Gasteiger partial charge in [-0.3, -0.25) is 4.79 Å². The molecule has 9 heteroatoms. The maximum absolute atomic E-state index is 13.5. The molecular weight excluding hydrogens is 350 g/mol. The predicted molar refractivity (Wildman–Crippen MR) is 85.1 cm³/mol. The third-order valence-electron chi connectivity index (χ3n) is 5.50. The molecule has 1 N–H and O–H groups in total. The van der Waals surface area contributed by atoms with Gasteiger partial charge in [-0.15, -0.1) is 0 Å². The molecule has 0 unspecified atom stereocenters. The Balaban J connectivity index is 2.21. The van der Waals surface area contributed by atoms with Crippen molar-refractivity contribution in [2.75, 3.05) is 13.7 Å². The summed E-state index contributed by atoms with van der Waals surface area (Å²) < 4.78 is 31.5. The van der Waals surface area contributed by atoms with Crippen LogP contribution in [0.15, 0.2) is 0 Å². The van der Waals surface area contributed by atoms with E-state index in [4.69, 9.17) is 0 Å². The molecule has 1 saturated carbocycles. The first-order valence-corrected chi connectivity index (χ1v) is 8.74. The number of carbonyl (C=O) groups is 3. The Kier molecular flexibility index (Phi) is 5.77. The third kappa shape index (κ3) is 4.24. The van der Waals surface area contributed by atoms with Gasteiger partial charge in [0.1, 0.15) is 6.04 Å². The summed E-state index contributed by atoms with van der Waals surface area (Å²) in [4.78, 5) is 37.2. The van der Waals surface area contributed by atoms with Gasteiger partial charge in [0.05, 0.1) is 19.1 Å². The Morgan fingerprint density at radius 3 is 2.23 bits per heavy atom. The molecule has 2 rings (SSSR count). The summed E-state index contributed by atoms with van der Waals surface area (Å²) in [7, 11) is 1.16. The van der Waals surface area contributed by atoms with E-state index in [1.807, 2.05) is 0 Å². The highest BCUT2D eigenvalue weighted by atomic mass is 19.3. The van der Waals surface area contributed by atoms with Crippen molar-refractivity contribution < 1.29 is 33.0 Å². The average Bonchev–Trinajstić information content (AvgIpc) is 2.95. The number of ether oxygens (including phenoxy) is 1. The molecule has 2 aliphatic rings. The fourth-order valence-electron chi connectivity index (χ4n) is 3.88. The van der Waals surface area contributed by atoms with Gasteiger partial charge in [-0.25, -0.2) is 13.6 Å². The molecule has 1 aliphatic heterocycles. The number of carboxylic acids is 1. The van der Waals surface area contributed by atoms with Crippen LogP contribution >= 0.6 is 0 Å². The highest BCUT2D eigenvalue weighted by molar-refractivity contribution is 5.89. The van der Waals surface area contributed by atoms with E-state index in [9.17, 15) is 28.3 Å². The Labute approximate surface area is 151 Å². The van der Waals surface area contributed by atoms with Crippen molar-refractivity contribution in [2.24, 2.45) is 11.3 Å². The van der Waals surface area contributed by atoms with Gasteiger partial charge in [-0.1, -0.05) is 13.8 Å². The number of alkyl halides is 2. The number of halogens is 2. The van der Waals surface area contributed by atoms with E-state index in [0.717, 1.165) is 7.11 Å². The van der Waals surface area contributed by atoms with Crippen LogP contribution < -0.4 is 10.4 Å². The monoisotopic (exact) mass is 375 g/mol. The van der Waals surface area contributed by atoms with Crippen LogP contribution in [-0.4, -0.2) is 54.5 Å². The topological polar surface area (TPSA) is 98.8 Å². The number of nitrogens with zero attached hydrogens (tertiary/aromatic N) is 1. The van der Waals surface area contributed by atoms with Gasteiger partial charge in [0.15, 0.2) is 0 Å². The number of nitrogens with one attached hydrogen (secondary N) is 1. The van der Waals surface area contributed by atoms with Gasteiger partial charge in [0.25, 0.3) is 0 Å². The molecular formula is C17H25F2N2O5-. The van der Waals surface area contributed by atoms with Gasteiger partial charge in [0, 0.05) is 19.4 Å². The van der Waals surface area contributed by atoms with Gasteiger partial charge in [-0.05, 0) is 30.6 Å². The van der Waals surface area contributed by atoms with Crippen LogP contribution in [0.1, 0.15) is 46.0 Å². The van der Waals surface area contributed by atoms with Gasteiger partial charge in [-0.2, -0.15) is 0 Å². The summed E-state index contributed by atoms with van der Waals surface area (Å²) in [5, 5.41) is 14.0. The van der Waals surface area contributed by atoms with Crippen molar-refractivity contribution in [1.29, 1.82) is 0 Å². The van der Waals surface area contributed by atoms with Gasteiger partial charge >= 0.3 is 6.09 Å². The second kappa shape index (κ2) is 7.36. The molecule has 0 aromatic rings. The lowest BCUT2D eigenvalue weighted by Gasteiger charge is -2.37. The second-order valence-corrected chi connectivity index (χ2v) is 7.72. The Hall–Kier alpha value is -1.93. The SMILES string of the molecule is COC(=O)N[C@H](C(=O)N1CC2(CCC(F)(F)CC2)C[C@H]1C(=O)[O-])C(C)C. The minimum absolute atomic E-state index is 0.0760. The highest BCUT2D eigenvalue weighted by Gasteiger charge is 2.52. The highest BCUT2D eigenvalue weighted by Crippen LogP contribution is 2.50. The molecule has 0 aromatic heterocycles. The van der Waals surface area contributed by atoms with Crippen LogP contribution in [0.25, 0.3) is 0 Å². The molecule has 2 atom stereocenters. The lowest BCUT2D eigenvalue weighted by Crippen LogP contribution is -2.55. The third-order valence-corrected chi connectivity index (χ3v) is 5.50. The van der Waals surface area contributed by atoms with E-state index in [-0.39, 0.29) is 44.6 Å². The average molecular weight is 375 g/mol. The summed E-state index contributed by atoms with van der Waals surface area (Å²) >= 11 is 0. The van der Waals surface area contributed by atoms with E-state index >= 15 is 0 Å². The van der Waals surface area contributed by atoms with E-state index in [1.54, 1.807) is 13.8 Å². The molecule has 0 radical (unpaired) electrons. The molecule has 1 spiro atoms. The molecule has 26 heavy (non-hydrogen) atoms. The number of rotatable bonds is 4. The molecule has 7 nitrogen and oxygen atoms in total. The number of amides is 2. The number of alkyl carbamates (subject to hydrolysis) is 1. The molecule has 2 fully saturated rings. The van der Waals surface area contributed by atoms with Gasteiger partial charge in [0.2, 0.25) is 11.8 Å². The molecule has 0 aromatic carbocycles. The van der Waals surface area contributed by atoms with E-state index in [1.165, 1.54) is 4.90 Å². The Bertz CT molecular complexity index is 572. The van der Waals surface area contributed by atoms with Crippen molar-refractivity contribution in [3.63, 3.8) is 0 Å². The minimum atomic E-state index is -2.74. The van der Waals surface area contributed by atoms with Crippen molar-refractivity contribution in [3.8, 4) is 0 Å². The van der Waals surface area contributed by atoms with Crippen molar-refractivity contribution >= 4 is 18.0 Å². The standard InChI is InChI=1S/C17H26F2N2O5/c1-10(2)12(20-15(25)26-3)13(22)21-9-16(8-11(21)14(23)24)4-6-17(18,19)7-5-16/h10-12H,4-9H2,1-3H3,(H,20,25)(H,23,24)/p-1/t11-,12-/m0/s1. The lowest BCUT2D eigenvalue weighted by molar-refractivity contribution is -0.310. The molecule has 2 amide bonds. The Morgan fingerprint density at radius 1 is 1.19 bits per heavy atom. The maximum atomic E-state index is 13.5. The summed E-state index contributed by atoms with van der Waals surface area (Å²) in [5.41, 5.74) is -0.644. The number of hydrogen-bond donors (Lipinski definition) is 1. The van der Waals surface area contributed by atoms with Crippen molar-refractivity contribution in [2.45, 2.75) is 64.0 Å². The van der Waals surface area contributed by atoms with Crippen molar-refractivity contribution in [3.05, 3.63) is 0 Å². The molecule has 1 saturated heterocycles. The van der Waals surface area contributed by atoms with E-state index < -0.39 is 41.4 Å². The number of hydrogen-bond acceptors (Lipinski definition) is 5. The van der Waals surface area contributed by atoms with E-state index in [2.05, 4.69) is 10.1 Å². The zero-order chi connectivity index (χ0) is 19.7. The Morgan fingerprint density at radius 2 is 1.77 bits per heavy atom. The van der Waals surface area contributed by atoms with Crippen LogP contribution in [0.3, 0.4) is 0 Å². The first kappa shape index (κ1) is 20.4. The molecule has 1 aliphatic carbocycles. The van der Waals surface area contributed by atoms with Crippen LogP contribution in [0, 0.1) is 11.3 Å². The number of likely N-dealkylation sites (tertiary alicyclic amines) is 1. The first-order chi connectivity index (χ1) is 12.0. The predicted octanol–water partition coefficient (Wildman–Crippen LogP) is 0.913. The largest absolute Gasteiger partial charge is 0.548 e. The molecule has 0 bridgehead atoms. The zero-order valence-corrected chi connectivity index (χ0v) is 15.2. The van der Waals surface area contributed by atoms with Crippen LogP contribution in [0.5, 0.6) is 0 Å². The number of aliphatic carboxylic acids is 1. The number of carbonyl (C=O) groups excluding carboxylic acids is 3. The quantitative estimate of drug-likeness (QED) is 0.788. The summed E-state index contributed by atoms with van der Waals surface area (Å²) in [6, 6.07) is -2.15. The smallest absolute Gasteiger partial charge is 0.407 e. The fraction of sp³-hybridized carbons (Fsp3) is 0.824. The summed E-state index contributed by atoms with van der Waals surface area (Å²) in [6.07, 6.45) is -1.02. The number of carboxylic acid groups (broad SMARTS) is 1. The van der Waals surface area contributed by atoms with Gasteiger partial charge < -0.3 is 24.9 Å². The van der Waals surface area contributed by atoms with Crippen LogP contribution in [0.4, 0.5) is 13.6 Å². The maximum Gasteiger partial charge on any atom is 0.407 e. The molecule has 1 heterocycles. The van der Waals surface area contributed by atoms with Crippen LogP contribution in [-0.2, 0) is 14.3 Å². The van der Waals surface area contributed by atoms with Crippen molar-refractivity contribution in [1.82, 2.24) is 10.2 Å². The van der Waals surface area contributed by atoms with Crippen LogP contribution in [0.2, 0.25) is 0 Å². The number of methoxy groups -OCH3 is 1. The zero-order valence-electron chi connectivity index (χ0n) is 15.2. The molecule has 148 valence electrons. The second-order valence-electron chi connectivity index (χ2n) is 7.72. The lowest BCUT2D eigenvalue weighted by atomic mass is 9.71. The fourth-order valence-corrected chi connectivity index (χ4v) is 3.88. The minimum Gasteiger partial charge on any atom is -0.548 e.